The smallest absolute Gasteiger partial charge is 0.357 e. The van der Waals surface area contributed by atoms with E-state index in [9.17, 15) is 18.4 Å². The molecule has 1 heterocycles. The first-order valence-electron chi connectivity index (χ1n) is 8.44. The van der Waals surface area contributed by atoms with E-state index in [-0.39, 0.29) is 17.6 Å². The average Bonchev–Trinajstić information content (AvgIpc) is 3.17. The van der Waals surface area contributed by atoms with Crippen LogP contribution in [-0.2, 0) is 9.53 Å². The van der Waals surface area contributed by atoms with Crippen molar-refractivity contribution in [1.29, 1.82) is 0 Å². The zero-order valence-corrected chi connectivity index (χ0v) is 14.9. The third-order valence-corrected chi connectivity index (χ3v) is 4.03. The highest BCUT2D eigenvalue weighted by Gasteiger charge is 2.17. The van der Waals surface area contributed by atoms with Crippen LogP contribution in [0, 0.1) is 11.6 Å². The van der Waals surface area contributed by atoms with Crippen LogP contribution in [0.2, 0.25) is 0 Å². The van der Waals surface area contributed by atoms with Crippen LogP contribution in [0.4, 0.5) is 8.78 Å². The van der Waals surface area contributed by atoms with Gasteiger partial charge in [-0.25, -0.2) is 18.6 Å². The monoisotopic (exact) mass is 385 g/mol. The maximum absolute atomic E-state index is 13.1. The highest BCUT2D eigenvalue weighted by Crippen LogP contribution is 2.14. The number of rotatable bonds is 6. The lowest BCUT2D eigenvalue weighted by Gasteiger charge is -2.14. The fourth-order valence-electron chi connectivity index (χ4n) is 2.58. The molecule has 1 N–H and O–H groups in total. The summed E-state index contributed by atoms with van der Waals surface area (Å²) in [6, 6.07) is 10.8. The highest BCUT2D eigenvalue weighted by molar-refractivity contribution is 5.90. The van der Waals surface area contributed by atoms with Crippen LogP contribution in [0.1, 0.15) is 29.0 Å². The van der Waals surface area contributed by atoms with Crippen molar-refractivity contribution in [3.05, 3.63) is 83.9 Å². The van der Waals surface area contributed by atoms with Crippen molar-refractivity contribution in [2.75, 3.05) is 6.61 Å². The van der Waals surface area contributed by atoms with Gasteiger partial charge in [-0.15, -0.1) is 0 Å². The maximum atomic E-state index is 13.1. The Kier molecular flexibility index (Phi) is 5.78. The molecule has 3 aromatic rings. The number of carbonyl (C=O) groups is 2. The Morgan fingerprint density at radius 1 is 1.07 bits per heavy atom. The number of benzene rings is 2. The summed E-state index contributed by atoms with van der Waals surface area (Å²) in [7, 11) is 0. The van der Waals surface area contributed by atoms with Gasteiger partial charge < -0.3 is 10.1 Å². The predicted octanol–water partition coefficient (Wildman–Crippen LogP) is 3.18. The van der Waals surface area contributed by atoms with Gasteiger partial charge in [0.15, 0.2) is 12.3 Å². The quantitative estimate of drug-likeness (QED) is 0.662. The molecule has 1 unspecified atom stereocenters. The molecule has 0 fully saturated rings. The molecule has 0 aliphatic carbocycles. The fourth-order valence-corrected chi connectivity index (χ4v) is 2.58. The van der Waals surface area contributed by atoms with Crippen LogP contribution in [0.15, 0.2) is 61.1 Å². The molecule has 1 aromatic heterocycles. The third kappa shape index (κ3) is 4.59. The molecule has 1 amide bonds. The topological polar surface area (TPSA) is 73.2 Å². The van der Waals surface area contributed by atoms with Crippen molar-refractivity contribution >= 4 is 11.9 Å². The van der Waals surface area contributed by atoms with E-state index >= 15 is 0 Å². The summed E-state index contributed by atoms with van der Waals surface area (Å²) in [6.45, 7) is 1.25. The molecule has 3 rings (SSSR count). The van der Waals surface area contributed by atoms with E-state index in [1.54, 1.807) is 19.1 Å². The van der Waals surface area contributed by atoms with Crippen molar-refractivity contribution in [1.82, 2.24) is 14.9 Å². The molecule has 0 radical (unpaired) electrons. The van der Waals surface area contributed by atoms with Crippen LogP contribution in [0.5, 0.6) is 0 Å². The van der Waals surface area contributed by atoms with Crippen LogP contribution >= 0.6 is 0 Å². The van der Waals surface area contributed by atoms with Crippen LogP contribution in [0.3, 0.4) is 0 Å². The molecule has 0 spiro atoms. The van der Waals surface area contributed by atoms with E-state index < -0.39 is 24.3 Å². The summed E-state index contributed by atoms with van der Waals surface area (Å²) in [5.74, 6) is -2.02. The lowest BCUT2D eigenvalue weighted by Crippen LogP contribution is -2.31. The Labute approximate surface area is 159 Å². The average molecular weight is 385 g/mol. The Morgan fingerprint density at radius 3 is 2.32 bits per heavy atom. The van der Waals surface area contributed by atoms with Gasteiger partial charge in [0.1, 0.15) is 11.6 Å². The van der Waals surface area contributed by atoms with Crippen molar-refractivity contribution < 1.29 is 23.1 Å². The number of aromatic nitrogens is 2. The highest BCUT2D eigenvalue weighted by atomic mass is 19.1. The predicted molar refractivity (Wildman–Crippen MR) is 96.8 cm³/mol. The van der Waals surface area contributed by atoms with Gasteiger partial charge in [0.05, 0.1) is 18.6 Å². The number of esters is 1. The molecule has 2 aromatic carbocycles. The first-order valence-corrected chi connectivity index (χ1v) is 8.44. The van der Waals surface area contributed by atoms with Gasteiger partial charge in [0.2, 0.25) is 0 Å². The van der Waals surface area contributed by atoms with Crippen LogP contribution in [0.25, 0.3) is 5.69 Å². The number of ether oxygens (including phenoxy) is 1. The number of hydrogen-bond donors (Lipinski definition) is 1. The van der Waals surface area contributed by atoms with E-state index in [1.165, 1.54) is 53.5 Å². The number of hydrogen-bond acceptors (Lipinski definition) is 4. The van der Waals surface area contributed by atoms with Gasteiger partial charge in [-0.2, -0.15) is 0 Å². The zero-order chi connectivity index (χ0) is 20.1. The molecule has 0 saturated carbocycles. The van der Waals surface area contributed by atoms with Gasteiger partial charge >= 0.3 is 5.97 Å². The van der Waals surface area contributed by atoms with E-state index in [2.05, 4.69) is 10.3 Å². The Bertz CT molecular complexity index is 969. The van der Waals surface area contributed by atoms with Gasteiger partial charge in [-0.3, -0.25) is 9.36 Å². The molecule has 6 nitrogen and oxygen atoms in total. The number of imidazole rings is 1. The van der Waals surface area contributed by atoms with Gasteiger partial charge in [0.25, 0.3) is 5.91 Å². The molecule has 1 atom stereocenters. The van der Waals surface area contributed by atoms with E-state index in [0.717, 1.165) is 5.56 Å². The Hall–Kier alpha value is -3.55. The molecule has 0 aliphatic rings. The summed E-state index contributed by atoms with van der Waals surface area (Å²) >= 11 is 0. The second kappa shape index (κ2) is 8.43. The molecule has 0 aliphatic heterocycles. The minimum absolute atomic E-state index is 0.103. The Balaban J connectivity index is 1.58. The number of carbonyl (C=O) groups excluding carboxylic acids is 2. The molecular formula is C20H17F2N3O3. The first kappa shape index (κ1) is 19.2. The van der Waals surface area contributed by atoms with Crippen LogP contribution < -0.4 is 5.32 Å². The molecule has 144 valence electrons. The fraction of sp³-hybridized carbons (Fsp3) is 0.150. The number of nitrogens with one attached hydrogen (secondary N) is 1. The first-order chi connectivity index (χ1) is 13.4. The molecule has 8 heteroatoms. The molecule has 0 bridgehead atoms. The normalized spacial score (nSPS) is 11.7. The standard InChI is InChI=1S/C20H17F2N3O3/c1-13(14-2-4-15(21)5-3-14)24-19(26)11-28-20(27)18-10-23-12-25(18)17-8-6-16(22)7-9-17/h2-10,12-13H,11H2,1H3,(H,24,26). The summed E-state index contributed by atoms with van der Waals surface area (Å²) in [4.78, 5) is 28.2. The number of amides is 1. The molecular weight excluding hydrogens is 368 g/mol. The summed E-state index contributed by atoms with van der Waals surface area (Å²) in [6.07, 6.45) is 2.69. The SMILES string of the molecule is CC(NC(=O)COC(=O)c1cncn1-c1ccc(F)cc1)c1ccc(F)cc1. The van der Waals surface area contributed by atoms with Crippen molar-refractivity contribution in [3.63, 3.8) is 0 Å². The second-order valence-electron chi connectivity index (χ2n) is 6.04. The number of halogens is 2. The molecule has 0 saturated heterocycles. The Morgan fingerprint density at radius 2 is 1.68 bits per heavy atom. The van der Waals surface area contributed by atoms with Gasteiger partial charge in [0, 0.05) is 5.69 Å². The van der Waals surface area contributed by atoms with E-state index in [1.807, 2.05) is 0 Å². The van der Waals surface area contributed by atoms with Gasteiger partial charge in [-0.05, 0) is 48.9 Å². The van der Waals surface area contributed by atoms with Crippen LogP contribution in [-0.4, -0.2) is 28.0 Å². The van der Waals surface area contributed by atoms with E-state index in [4.69, 9.17) is 4.74 Å². The van der Waals surface area contributed by atoms with Crippen molar-refractivity contribution in [2.24, 2.45) is 0 Å². The zero-order valence-electron chi connectivity index (χ0n) is 14.9. The molecule has 28 heavy (non-hydrogen) atoms. The minimum atomic E-state index is -0.744. The minimum Gasteiger partial charge on any atom is -0.451 e. The third-order valence-electron chi connectivity index (χ3n) is 4.03. The summed E-state index contributed by atoms with van der Waals surface area (Å²) in [5.41, 5.74) is 1.35. The number of nitrogens with zero attached hydrogens (tertiary/aromatic N) is 2. The van der Waals surface area contributed by atoms with Gasteiger partial charge in [-0.1, -0.05) is 12.1 Å². The van der Waals surface area contributed by atoms with E-state index in [0.29, 0.717) is 5.69 Å². The lowest BCUT2D eigenvalue weighted by atomic mass is 10.1. The van der Waals surface area contributed by atoms with Crippen molar-refractivity contribution in [3.8, 4) is 5.69 Å². The largest absolute Gasteiger partial charge is 0.451 e. The second-order valence-corrected chi connectivity index (χ2v) is 6.04. The lowest BCUT2D eigenvalue weighted by molar-refractivity contribution is -0.124. The summed E-state index contributed by atoms with van der Waals surface area (Å²) < 4.78 is 32.5. The summed E-state index contributed by atoms with van der Waals surface area (Å²) in [5, 5.41) is 2.67. The maximum Gasteiger partial charge on any atom is 0.357 e. The van der Waals surface area contributed by atoms with Crippen molar-refractivity contribution in [2.45, 2.75) is 13.0 Å².